The summed E-state index contributed by atoms with van der Waals surface area (Å²) in [4.78, 5) is 18.1. The molecule has 2 heterocycles. The number of rotatable bonds is 4. The first-order valence-electron chi connectivity index (χ1n) is 6.41. The van der Waals surface area contributed by atoms with Crippen molar-refractivity contribution in [3.63, 3.8) is 0 Å². The summed E-state index contributed by atoms with van der Waals surface area (Å²) >= 11 is 7.08. The highest BCUT2D eigenvalue weighted by Crippen LogP contribution is 2.29. The first-order chi connectivity index (χ1) is 8.61. The Morgan fingerprint density at radius 1 is 1.56 bits per heavy atom. The van der Waals surface area contributed by atoms with Crippen LogP contribution in [-0.2, 0) is 0 Å². The van der Waals surface area contributed by atoms with E-state index in [4.69, 9.17) is 11.6 Å². The highest BCUT2D eigenvalue weighted by atomic mass is 35.5. The predicted octanol–water partition coefficient (Wildman–Crippen LogP) is 3.44. The van der Waals surface area contributed by atoms with Gasteiger partial charge >= 0.3 is 0 Å². The molecule has 0 saturated carbocycles. The maximum Gasteiger partial charge on any atom is 0.196 e. The number of thiazole rings is 1. The van der Waals surface area contributed by atoms with Crippen LogP contribution in [0.4, 0.5) is 5.13 Å². The molecule has 18 heavy (non-hydrogen) atoms. The van der Waals surface area contributed by atoms with Crippen molar-refractivity contribution in [1.29, 1.82) is 0 Å². The van der Waals surface area contributed by atoms with E-state index in [1.807, 2.05) is 5.38 Å². The molecule has 1 saturated heterocycles. The third-order valence-corrected chi connectivity index (χ3v) is 4.80. The van der Waals surface area contributed by atoms with Gasteiger partial charge in [0.25, 0.3) is 0 Å². The fraction of sp³-hybridized carbons (Fsp3) is 0.692. The molecule has 5 heteroatoms. The van der Waals surface area contributed by atoms with Crippen molar-refractivity contribution in [2.45, 2.75) is 26.7 Å². The molecule has 3 nitrogen and oxygen atoms in total. The van der Waals surface area contributed by atoms with Gasteiger partial charge in [-0.15, -0.1) is 22.9 Å². The van der Waals surface area contributed by atoms with Crippen LogP contribution >= 0.6 is 22.9 Å². The number of anilines is 1. The Kier molecular flexibility index (Phi) is 4.62. The molecule has 0 aliphatic carbocycles. The Morgan fingerprint density at radius 2 is 2.22 bits per heavy atom. The molecule has 0 unspecified atom stereocenters. The van der Waals surface area contributed by atoms with Gasteiger partial charge in [-0.1, -0.05) is 13.8 Å². The minimum absolute atomic E-state index is 0.0125. The van der Waals surface area contributed by atoms with E-state index in [2.05, 4.69) is 23.7 Å². The van der Waals surface area contributed by atoms with Gasteiger partial charge < -0.3 is 4.90 Å². The Morgan fingerprint density at radius 3 is 2.78 bits per heavy atom. The zero-order valence-corrected chi connectivity index (χ0v) is 12.4. The number of aromatic nitrogens is 1. The van der Waals surface area contributed by atoms with E-state index in [1.165, 1.54) is 12.8 Å². The molecule has 0 radical (unpaired) electrons. The van der Waals surface area contributed by atoms with Gasteiger partial charge in [0.2, 0.25) is 0 Å². The molecular weight excluding hydrogens is 268 g/mol. The number of alkyl halides is 1. The molecule has 0 amide bonds. The molecule has 1 aliphatic rings. The molecule has 1 aliphatic heterocycles. The Balaban J connectivity index is 1.97. The average Bonchev–Trinajstić information content (AvgIpc) is 2.87. The lowest BCUT2D eigenvalue weighted by Gasteiger charge is -2.33. The largest absolute Gasteiger partial charge is 0.348 e. The van der Waals surface area contributed by atoms with Crippen molar-refractivity contribution in [2.24, 2.45) is 11.8 Å². The fourth-order valence-corrected chi connectivity index (χ4v) is 3.38. The standard InChI is InChI=1S/C13H19ClN2OS/c1-9(2)10-3-5-16(6-4-10)13-15-11(8-18-13)12(17)7-14/h8-10H,3-7H2,1-2H3. The number of nitrogens with zero attached hydrogens (tertiary/aromatic N) is 2. The van der Waals surface area contributed by atoms with E-state index >= 15 is 0 Å². The summed E-state index contributed by atoms with van der Waals surface area (Å²) in [6, 6.07) is 0. The number of carbonyl (C=O) groups excluding carboxylic acids is 1. The van der Waals surface area contributed by atoms with Crippen molar-refractivity contribution in [2.75, 3.05) is 23.9 Å². The summed E-state index contributed by atoms with van der Waals surface area (Å²) in [7, 11) is 0. The topological polar surface area (TPSA) is 33.2 Å². The number of hydrogen-bond acceptors (Lipinski definition) is 4. The van der Waals surface area contributed by atoms with Crippen molar-refractivity contribution in [1.82, 2.24) is 4.98 Å². The van der Waals surface area contributed by atoms with Crippen LogP contribution in [-0.4, -0.2) is 29.7 Å². The summed E-state index contributed by atoms with van der Waals surface area (Å²) < 4.78 is 0. The number of ketones is 1. The minimum Gasteiger partial charge on any atom is -0.348 e. The SMILES string of the molecule is CC(C)C1CCN(c2nc(C(=O)CCl)cs2)CC1. The van der Waals surface area contributed by atoms with Crippen molar-refractivity contribution in [3.8, 4) is 0 Å². The molecule has 0 N–H and O–H groups in total. The molecule has 2 rings (SSSR count). The first kappa shape index (κ1) is 13.8. The van der Waals surface area contributed by atoms with Gasteiger partial charge in [0.1, 0.15) is 5.69 Å². The van der Waals surface area contributed by atoms with E-state index in [9.17, 15) is 4.79 Å². The summed E-state index contributed by atoms with van der Waals surface area (Å²) in [5.74, 6) is 1.51. The first-order valence-corrected chi connectivity index (χ1v) is 7.83. The number of piperidine rings is 1. The lowest BCUT2D eigenvalue weighted by molar-refractivity contribution is 0.101. The third kappa shape index (κ3) is 3.04. The van der Waals surface area contributed by atoms with Crippen LogP contribution in [0, 0.1) is 11.8 Å². The van der Waals surface area contributed by atoms with Gasteiger partial charge in [0.05, 0.1) is 5.88 Å². The molecule has 0 atom stereocenters. The van der Waals surface area contributed by atoms with E-state index in [0.29, 0.717) is 5.69 Å². The van der Waals surface area contributed by atoms with Crippen molar-refractivity contribution >= 4 is 33.9 Å². The maximum atomic E-state index is 11.4. The van der Waals surface area contributed by atoms with Crippen LogP contribution in [0.3, 0.4) is 0 Å². The molecule has 1 fully saturated rings. The minimum atomic E-state index is -0.0868. The Labute approximate surface area is 117 Å². The summed E-state index contributed by atoms with van der Waals surface area (Å²) in [6.07, 6.45) is 2.44. The van der Waals surface area contributed by atoms with Crippen molar-refractivity contribution < 1.29 is 4.79 Å². The van der Waals surface area contributed by atoms with E-state index in [1.54, 1.807) is 11.3 Å². The molecule has 0 spiro atoms. The number of Topliss-reactive ketones (excluding diaryl/α,β-unsaturated/α-hetero) is 1. The van der Waals surface area contributed by atoms with Gasteiger partial charge in [-0.3, -0.25) is 4.79 Å². The van der Waals surface area contributed by atoms with E-state index in [-0.39, 0.29) is 11.7 Å². The van der Waals surface area contributed by atoms with E-state index in [0.717, 1.165) is 30.1 Å². The van der Waals surface area contributed by atoms with E-state index < -0.39 is 0 Å². The smallest absolute Gasteiger partial charge is 0.196 e. The van der Waals surface area contributed by atoms with Crippen LogP contribution in [0.2, 0.25) is 0 Å². The van der Waals surface area contributed by atoms with Gasteiger partial charge in [0, 0.05) is 18.5 Å². The second kappa shape index (κ2) is 6.02. The third-order valence-electron chi connectivity index (χ3n) is 3.65. The molecular formula is C13H19ClN2OS. The summed E-state index contributed by atoms with van der Waals surface area (Å²) in [5, 5.41) is 2.78. The number of halogens is 1. The second-order valence-electron chi connectivity index (χ2n) is 5.14. The van der Waals surface area contributed by atoms with Crippen LogP contribution < -0.4 is 4.90 Å². The number of carbonyl (C=O) groups is 1. The van der Waals surface area contributed by atoms with Gasteiger partial charge in [-0.05, 0) is 24.7 Å². The normalized spacial score (nSPS) is 17.4. The highest BCUT2D eigenvalue weighted by Gasteiger charge is 2.23. The van der Waals surface area contributed by atoms with Gasteiger partial charge in [0.15, 0.2) is 10.9 Å². The monoisotopic (exact) mass is 286 g/mol. The van der Waals surface area contributed by atoms with Crippen LogP contribution in [0.1, 0.15) is 37.2 Å². The predicted molar refractivity (Wildman–Crippen MR) is 76.9 cm³/mol. The zero-order chi connectivity index (χ0) is 13.1. The van der Waals surface area contributed by atoms with Gasteiger partial charge in [-0.25, -0.2) is 4.98 Å². The van der Waals surface area contributed by atoms with Gasteiger partial charge in [-0.2, -0.15) is 0 Å². The lowest BCUT2D eigenvalue weighted by Crippen LogP contribution is -2.35. The quantitative estimate of drug-likeness (QED) is 0.628. The maximum absolute atomic E-state index is 11.4. The Bertz CT molecular complexity index is 411. The lowest BCUT2D eigenvalue weighted by atomic mass is 9.87. The highest BCUT2D eigenvalue weighted by molar-refractivity contribution is 7.14. The molecule has 1 aromatic heterocycles. The average molecular weight is 287 g/mol. The van der Waals surface area contributed by atoms with Crippen molar-refractivity contribution in [3.05, 3.63) is 11.1 Å². The summed E-state index contributed by atoms with van der Waals surface area (Å²) in [5.41, 5.74) is 0.510. The number of hydrogen-bond donors (Lipinski definition) is 0. The molecule has 100 valence electrons. The van der Waals surface area contributed by atoms with Crippen LogP contribution in [0.5, 0.6) is 0 Å². The molecule has 0 bridgehead atoms. The van der Waals surface area contributed by atoms with Crippen LogP contribution in [0.15, 0.2) is 5.38 Å². The zero-order valence-electron chi connectivity index (χ0n) is 10.9. The van der Waals surface area contributed by atoms with Crippen LogP contribution in [0.25, 0.3) is 0 Å². The molecule has 1 aromatic rings. The Hall–Kier alpha value is -0.610. The molecule has 0 aromatic carbocycles. The fourth-order valence-electron chi connectivity index (χ4n) is 2.36. The second-order valence-corrected chi connectivity index (χ2v) is 6.24. The summed E-state index contributed by atoms with van der Waals surface area (Å²) in [6.45, 7) is 6.68.